The summed E-state index contributed by atoms with van der Waals surface area (Å²) in [6, 6.07) is 11.0. The molecular weight excluding hydrogens is 378 g/mol. The molecule has 0 aliphatic carbocycles. The zero-order valence-electron chi connectivity index (χ0n) is 18.8. The molecule has 1 aromatic rings. The van der Waals surface area contributed by atoms with Gasteiger partial charge in [-0.15, -0.1) is 0 Å². The summed E-state index contributed by atoms with van der Waals surface area (Å²) in [5, 5.41) is 7.00. The van der Waals surface area contributed by atoms with Crippen LogP contribution in [0.2, 0.25) is 0 Å². The highest BCUT2D eigenvalue weighted by molar-refractivity contribution is 5.79. The van der Waals surface area contributed by atoms with Gasteiger partial charge in [0.25, 0.3) is 0 Å². The summed E-state index contributed by atoms with van der Waals surface area (Å²) in [6.07, 6.45) is 0.195. The van der Waals surface area contributed by atoms with E-state index in [0.717, 1.165) is 71.6 Å². The first-order chi connectivity index (χ1) is 14.7. The molecule has 7 heteroatoms. The molecular formula is C23H39N5O2. The molecule has 7 nitrogen and oxygen atoms in total. The van der Waals surface area contributed by atoms with Crippen LogP contribution in [0.3, 0.4) is 0 Å². The SMILES string of the molecule is CN=C(NCC1CN(CC(C)C)CCO1)NCC(c1ccccc1)N1CCOCC1. The van der Waals surface area contributed by atoms with E-state index < -0.39 is 0 Å². The topological polar surface area (TPSA) is 61.4 Å². The van der Waals surface area contributed by atoms with Gasteiger partial charge in [0.05, 0.1) is 32.0 Å². The smallest absolute Gasteiger partial charge is 0.191 e. The lowest BCUT2D eigenvalue weighted by Crippen LogP contribution is -2.51. The van der Waals surface area contributed by atoms with E-state index in [4.69, 9.17) is 9.47 Å². The maximum absolute atomic E-state index is 5.97. The molecule has 2 atom stereocenters. The third-order valence-corrected chi connectivity index (χ3v) is 5.70. The standard InChI is InChI=1S/C23H39N5O2/c1-19(2)17-27-9-14-30-21(18-27)15-25-23(24-3)26-16-22(20-7-5-4-6-8-20)28-10-12-29-13-11-28/h4-8,19,21-22H,9-18H2,1-3H3,(H2,24,25,26). The van der Waals surface area contributed by atoms with E-state index in [2.05, 4.69) is 69.6 Å². The second kappa shape index (κ2) is 12.2. The van der Waals surface area contributed by atoms with Gasteiger partial charge in [0.1, 0.15) is 0 Å². The molecule has 0 spiro atoms. The largest absolute Gasteiger partial charge is 0.379 e. The number of hydrogen-bond donors (Lipinski definition) is 2. The van der Waals surface area contributed by atoms with Gasteiger partial charge in [-0.1, -0.05) is 44.2 Å². The molecule has 2 aliphatic heterocycles. The van der Waals surface area contributed by atoms with Gasteiger partial charge in [0.15, 0.2) is 5.96 Å². The molecule has 30 heavy (non-hydrogen) atoms. The molecule has 2 N–H and O–H groups in total. The molecule has 2 heterocycles. The van der Waals surface area contributed by atoms with Gasteiger partial charge in [0, 0.05) is 52.9 Å². The van der Waals surface area contributed by atoms with Crippen LogP contribution in [0.4, 0.5) is 0 Å². The van der Waals surface area contributed by atoms with Crippen LogP contribution in [0.25, 0.3) is 0 Å². The average molecular weight is 418 g/mol. The van der Waals surface area contributed by atoms with Crippen LogP contribution >= 0.6 is 0 Å². The normalized spacial score (nSPS) is 22.8. The van der Waals surface area contributed by atoms with Crippen LogP contribution in [0.15, 0.2) is 35.3 Å². The first kappa shape index (κ1) is 23.0. The summed E-state index contributed by atoms with van der Waals surface area (Å²) in [5.41, 5.74) is 1.32. The fourth-order valence-electron chi connectivity index (χ4n) is 4.23. The number of nitrogens with one attached hydrogen (secondary N) is 2. The summed E-state index contributed by atoms with van der Waals surface area (Å²) in [6.45, 7) is 13.5. The number of guanidine groups is 1. The number of ether oxygens (including phenoxy) is 2. The summed E-state index contributed by atoms with van der Waals surface area (Å²) >= 11 is 0. The van der Waals surface area contributed by atoms with E-state index in [1.807, 2.05) is 7.05 Å². The molecule has 0 amide bonds. The molecule has 2 fully saturated rings. The highest BCUT2D eigenvalue weighted by atomic mass is 16.5. The molecule has 0 bridgehead atoms. The maximum atomic E-state index is 5.97. The lowest BCUT2D eigenvalue weighted by atomic mass is 10.0. The lowest BCUT2D eigenvalue weighted by Gasteiger charge is -2.35. The predicted molar refractivity (Wildman–Crippen MR) is 122 cm³/mol. The molecule has 0 radical (unpaired) electrons. The van der Waals surface area contributed by atoms with Crippen LogP contribution < -0.4 is 10.6 Å². The van der Waals surface area contributed by atoms with Gasteiger partial charge in [-0.25, -0.2) is 0 Å². The Labute approximate surface area is 181 Å². The van der Waals surface area contributed by atoms with E-state index in [-0.39, 0.29) is 6.10 Å². The molecule has 0 aromatic heterocycles. The molecule has 2 aliphatic rings. The molecule has 0 saturated carbocycles. The Morgan fingerprint density at radius 1 is 1.10 bits per heavy atom. The highest BCUT2D eigenvalue weighted by Gasteiger charge is 2.24. The summed E-state index contributed by atoms with van der Waals surface area (Å²) in [5.74, 6) is 1.51. The zero-order chi connectivity index (χ0) is 21.2. The Balaban J connectivity index is 1.51. The van der Waals surface area contributed by atoms with Crippen LogP contribution in [0, 0.1) is 5.92 Å². The van der Waals surface area contributed by atoms with Crippen molar-refractivity contribution in [2.75, 3.05) is 72.7 Å². The Morgan fingerprint density at radius 2 is 1.87 bits per heavy atom. The average Bonchev–Trinajstić information content (AvgIpc) is 2.77. The van der Waals surface area contributed by atoms with E-state index >= 15 is 0 Å². The zero-order valence-corrected chi connectivity index (χ0v) is 18.8. The Hall–Kier alpha value is -1.67. The van der Waals surface area contributed by atoms with Crippen molar-refractivity contribution < 1.29 is 9.47 Å². The fraction of sp³-hybridized carbons (Fsp3) is 0.696. The van der Waals surface area contributed by atoms with Gasteiger partial charge in [-0.2, -0.15) is 0 Å². The number of rotatable bonds is 8. The lowest BCUT2D eigenvalue weighted by molar-refractivity contribution is -0.0284. The molecule has 168 valence electrons. The van der Waals surface area contributed by atoms with E-state index in [0.29, 0.717) is 12.0 Å². The first-order valence-electron chi connectivity index (χ1n) is 11.3. The van der Waals surface area contributed by atoms with Crippen molar-refractivity contribution in [2.45, 2.75) is 26.0 Å². The minimum absolute atomic E-state index is 0.195. The second-order valence-corrected chi connectivity index (χ2v) is 8.56. The third-order valence-electron chi connectivity index (χ3n) is 5.70. The summed E-state index contributed by atoms with van der Waals surface area (Å²) in [4.78, 5) is 9.43. The van der Waals surface area contributed by atoms with E-state index in [9.17, 15) is 0 Å². The monoisotopic (exact) mass is 417 g/mol. The maximum Gasteiger partial charge on any atom is 0.191 e. The first-order valence-corrected chi connectivity index (χ1v) is 11.3. The van der Waals surface area contributed by atoms with Crippen LogP contribution in [0.5, 0.6) is 0 Å². The molecule has 2 saturated heterocycles. The fourth-order valence-corrected chi connectivity index (χ4v) is 4.23. The van der Waals surface area contributed by atoms with E-state index in [1.165, 1.54) is 5.56 Å². The second-order valence-electron chi connectivity index (χ2n) is 8.56. The number of hydrogen-bond acceptors (Lipinski definition) is 5. The van der Waals surface area contributed by atoms with Crippen molar-refractivity contribution in [3.05, 3.63) is 35.9 Å². The number of morpholine rings is 2. The van der Waals surface area contributed by atoms with Gasteiger partial charge in [0.2, 0.25) is 0 Å². The Morgan fingerprint density at radius 3 is 2.57 bits per heavy atom. The van der Waals surface area contributed by atoms with Crippen LogP contribution in [0.1, 0.15) is 25.5 Å². The van der Waals surface area contributed by atoms with Crippen molar-refractivity contribution in [1.29, 1.82) is 0 Å². The van der Waals surface area contributed by atoms with Crippen molar-refractivity contribution in [3.8, 4) is 0 Å². The van der Waals surface area contributed by atoms with E-state index in [1.54, 1.807) is 0 Å². The highest BCUT2D eigenvalue weighted by Crippen LogP contribution is 2.21. The minimum Gasteiger partial charge on any atom is -0.379 e. The number of nitrogens with zero attached hydrogens (tertiary/aromatic N) is 3. The number of aliphatic imine (C=N–C) groups is 1. The predicted octanol–water partition coefficient (Wildman–Crippen LogP) is 1.58. The van der Waals surface area contributed by atoms with Crippen LogP contribution in [-0.2, 0) is 9.47 Å². The minimum atomic E-state index is 0.195. The molecule has 3 rings (SSSR count). The van der Waals surface area contributed by atoms with Crippen LogP contribution in [-0.4, -0.2) is 94.5 Å². The Bertz CT molecular complexity index is 634. The van der Waals surface area contributed by atoms with Gasteiger partial charge < -0.3 is 20.1 Å². The van der Waals surface area contributed by atoms with Gasteiger partial charge in [-0.3, -0.25) is 14.8 Å². The molecule has 1 aromatic carbocycles. The summed E-state index contributed by atoms with van der Waals surface area (Å²) in [7, 11) is 1.83. The van der Waals surface area contributed by atoms with Gasteiger partial charge in [-0.05, 0) is 11.5 Å². The van der Waals surface area contributed by atoms with Crippen molar-refractivity contribution in [3.63, 3.8) is 0 Å². The Kier molecular flexibility index (Phi) is 9.39. The van der Waals surface area contributed by atoms with Crippen molar-refractivity contribution >= 4 is 5.96 Å². The quantitative estimate of drug-likeness (QED) is 0.495. The van der Waals surface area contributed by atoms with Crippen molar-refractivity contribution in [2.24, 2.45) is 10.9 Å². The molecule has 2 unspecified atom stereocenters. The van der Waals surface area contributed by atoms with Gasteiger partial charge >= 0.3 is 0 Å². The summed E-state index contributed by atoms with van der Waals surface area (Å²) < 4.78 is 11.5. The third kappa shape index (κ3) is 7.23. The number of benzene rings is 1. The van der Waals surface area contributed by atoms with Crippen molar-refractivity contribution in [1.82, 2.24) is 20.4 Å².